The Balaban J connectivity index is 1.63. The van der Waals surface area contributed by atoms with Crippen molar-refractivity contribution in [1.29, 1.82) is 0 Å². The van der Waals surface area contributed by atoms with Crippen molar-refractivity contribution in [2.45, 2.75) is 33.1 Å². The number of aromatic nitrogens is 4. The molecular weight excluding hydrogens is 264 g/mol. The standard InChI is InChI=1S/C16H18N4O/c1-11-15(12(2)19-18-11)16-17-14(20-21-16)10-6-9-13-7-4-3-5-8-13/h3-5,7-8H,6,9-10H2,1-2H3,(H,18,19). The first-order valence-corrected chi connectivity index (χ1v) is 7.12. The van der Waals surface area contributed by atoms with E-state index in [-0.39, 0.29) is 0 Å². The summed E-state index contributed by atoms with van der Waals surface area (Å²) in [7, 11) is 0. The Morgan fingerprint density at radius 2 is 1.90 bits per heavy atom. The average Bonchev–Trinajstić information content (AvgIpc) is 3.07. The quantitative estimate of drug-likeness (QED) is 0.780. The van der Waals surface area contributed by atoms with Crippen LogP contribution in [0, 0.1) is 13.8 Å². The number of benzene rings is 1. The minimum absolute atomic E-state index is 0.550. The number of aromatic amines is 1. The second-order valence-corrected chi connectivity index (χ2v) is 5.16. The van der Waals surface area contributed by atoms with Crippen LogP contribution >= 0.6 is 0 Å². The van der Waals surface area contributed by atoms with Crippen LogP contribution < -0.4 is 0 Å². The van der Waals surface area contributed by atoms with Gasteiger partial charge < -0.3 is 4.52 Å². The molecular formula is C16H18N4O. The molecule has 0 spiro atoms. The van der Waals surface area contributed by atoms with Gasteiger partial charge >= 0.3 is 0 Å². The number of H-pyrrole nitrogens is 1. The molecule has 2 aromatic heterocycles. The fourth-order valence-electron chi connectivity index (χ4n) is 2.42. The maximum Gasteiger partial charge on any atom is 0.261 e. The van der Waals surface area contributed by atoms with Crippen molar-refractivity contribution in [3.8, 4) is 11.5 Å². The van der Waals surface area contributed by atoms with Crippen LogP contribution in [0.1, 0.15) is 29.2 Å². The van der Waals surface area contributed by atoms with Crippen LogP contribution in [-0.2, 0) is 12.8 Å². The van der Waals surface area contributed by atoms with Gasteiger partial charge in [-0.25, -0.2) is 0 Å². The van der Waals surface area contributed by atoms with Gasteiger partial charge in [0.2, 0.25) is 0 Å². The summed E-state index contributed by atoms with van der Waals surface area (Å²) in [6.45, 7) is 3.88. The van der Waals surface area contributed by atoms with Crippen LogP contribution in [0.2, 0.25) is 0 Å². The van der Waals surface area contributed by atoms with Crippen LogP contribution in [0.15, 0.2) is 34.9 Å². The topological polar surface area (TPSA) is 67.6 Å². The number of hydrogen-bond donors (Lipinski definition) is 1. The number of nitrogens with zero attached hydrogens (tertiary/aromatic N) is 3. The highest BCUT2D eigenvalue weighted by atomic mass is 16.5. The summed E-state index contributed by atoms with van der Waals surface area (Å²) in [5.74, 6) is 1.30. The van der Waals surface area contributed by atoms with Crippen molar-refractivity contribution in [3.05, 3.63) is 53.1 Å². The Hall–Kier alpha value is -2.43. The Morgan fingerprint density at radius 3 is 2.62 bits per heavy atom. The van der Waals surface area contributed by atoms with Crippen LogP contribution in [0.4, 0.5) is 0 Å². The lowest BCUT2D eigenvalue weighted by atomic mass is 10.1. The summed E-state index contributed by atoms with van der Waals surface area (Å²) in [6.07, 6.45) is 2.84. The molecule has 0 amide bonds. The fraction of sp³-hybridized carbons (Fsp3) is 0.312. The van der Waals surface area contributed by atoms with E-state index < -0.39 is 0 Å². The van der Waals surface area contributed by atoms with Crippen LogP contribution in [0.5, 0.6) is 0 Å². The van der Waals surface area contributed by atoms with Gasteiger partial charge in [0.05, 0.1) is 11.3 Å². The lowest BCUT2D eigenvalue weighted by Crippen LogP contribution is -1.92. The van der Waals surface area contributed by atoms with Crippen LogP contribution in [0.3, 0.4) is 0 Å². The van der Waals surface area contributed by atoms with Crippen molar-refractivity contribution < 1.29 is 4.52 Å². The molecule has 0 saturated heterocycles. The molecule has 0 aliphatic heterocycles. The van der Waals surface area contributed by atoms with E-state index in [0.717, 1.165) is 42.0 Å². The van der Waals surface area contributed by atoms with Gasteiger partial charge in [0.1, 0.15) is 0 Å². The van der Waals surface area contributed by atoms with E-state index in [4.69, 9.17) is 4.52 Å². The molecule has 2 heterocycles. The fourth-order valence-corrected chi connectivity index (χ4v) is 2.42. The summed E-state index contributed by atoms with van der Waals surface area (Å²) in [6, 6.07) is 10.4. The summed E-state index contributed by atoms with van der Waals surface area (Å²) in [5, 5.41) is 11.1. The normalized spacial score (nSPS) is 11.0. The van der Waals surface area contributed by atoms with Gasteiger partial charge in [-0.05, 0) is 32.3 Å². The van der Waals surface area contributed by atoms with Gasteiger partial charge in [-0.1, -0.05) is 35.5 Å². The molecule has 0 radical (unpaired) electrons. The first-order valence-electron chi connectivity index (χ1n) is 7.12. The SMILES string of the molecule is Cc1n[nH]c(C)c1-c1nc(CCCc2ccccc2)no1. The molecule has 0 saturated carbocycles. The second-order valence-electron chi connectivity index (χ2n) is 5.16. The van der Waals surface area contributed by atoms with E-state index in [0.29, 0.717) is 5.89 Å². The second kappa shape index (κ2) is 5.91. The van der Waals surface area contributed by atoms with Crippen molar-refractivity contribution in [2.75, 3.05) is 0 Å². The molecule has 3 rings (SSSR count). The van der Waals surface area contributed by atoms with Crippen molar-refractivity contribution in [1.82, 2.24) is 20.3 Å². The molecule has 3 aromatic rings. The Labute approximate surface area is 123 Å². The van der Waals surface area contributed by atoms with Crippen LogP contribution in [0.25, 0.3) is 11.5 Å². The third-order valence-corrected chi connectivity index (χ3v) is 3.52. The average molecular weight is 282 g/mol. The molecule has 0 bridgehead atoms. The molecule has 0 fully saturated rings. The molecule has 1 aromatic carbocycles. The summed E-state index contributed by atoms with van der Waals surface area (Å²) >= 11 is 0. The molecule has 21 heavy (non-hydrogen) atoms. The molecule has 0 aliphatic carbocycles. The number of aryl methyl sites for hydroxylation is 4. The third kappa shape index (κ3) is 3.02. The first kappa shape index (κ1) is 13.5. The largest absolute Gasteiger partial charge is 0.334 e. The summed E-state index contributed by atoms with van der Waals surface area (Å²) < 4.78 is 5.35. The lowest BCUT2D eigenvalue weighted by molar-refractivity contribution is 0.421. The lowest BCUT2D eigenvalue weighted by Gasteiger charge is -1.98. The highest BCUT2D eigenvalue weighted by Gasteiger charge is 2.16. The first-order chi connectivity index (χ1) is 10.2. The number of rotatable bonds is 5. The van der Waals surface area contributed by atoms with Crippen molar-refractivity contribution >= 4 is 0 Å². The third-order valence-electron chi connectivity index (χ3n) is 3.52. The molecule has 0 atom stereocenters. The minimum atomic E-state index is 0.550. The van der Waals surface area contributed by atoms with E-state index in [1.165, 1.54) is 5.56 Å². The Kier molecular flexibility index (Phi) is 3.81. The zero-order valence-corrected chi connectivity index (χ0v) is 12.3. The zero-order chi connectivity index (χ0) is 14.7. The number of nitrogens with one attached hydrogen (secondary N) is 1. The Morgan fingerprint density at radius 1 is 1.10 bits per heavy atom. The Bertz CT molecular complexity index is 695. The molecule has 108 valence electrons. The molecule has 1 N–H and O–H groups in total. The molecule has 5 nitrogen and oxygen atoms in total. The number of hydrogen-bond acceptors (Lipinski definition) is 4. The van der Waals surface area contributed by atoms with E-state index >= 15 is 0 Å². The molecule has 0 aliphatic rings. The van der Waals surface area contributed by atoms with E-state index in [1.807, 2.05) is 19.9 Å². The smallest absolute Gasteiger partial charge is 0.261 e. The highest BCUT2D eigenvalue weighted by Crippen LogP contribution is 2.23. The molecule has 5 heteroatoms. The van der Waals surface area contributed by atoms with E-state index in [9.17, 15) is 0 Å². The van der Waals surface area contributed by atoms with E-state index in [2.05, 4.69) is 44.6 Å². The van der Waals surface area contributed by atoms with Crippen molar-refractivity contribution in [3.63, 3.8) is 0 Å². The predicted molar refractivity (Wildman–Crippen MR) is 79.8 cm³/mol. The van der Waals surface area contributed by atoms with Crippen molar-refractivity contribution in [2.24, 2.45) is 0 Å². The monoisotopic (exact) mass is 282 g/mol. The maximum absolute atomic E-state index is 5.35. The maximum atomic E-state index is 5.35. The van der Waals surface area contributed by atoms with Gasteiger partial charge in [0.15, 0.2) is 5.82 Å². The van der Waals surface area contributed by atoms with E-state index in [1.54, 1.807) is 0 Å². The summed E-state index contributed by atoms with van der Waals surface area (Å²) in [5.41, 5.74) is 4.08. The predicted octanol–water partition coefficient (Wildman–Crippen LogP) is 3.25. The minimum Gasteiger partial charge on any atom is -0.334 e. The van der Waals surface area contributed by atoms with Gasteiger partial charge in [0, 0.05) is 12.1 Å². The molecule has 0 unspecified atom stereocenters. The van der Waals surface area contributed by atoms with Crippen LogP contribution in [-0.4, -0.2) is 20.3 Å². The van der Waals surface area contributed by atoms with Gasteiger partial charge in [0.25, 0.3) is 5.89 Å². The van der Waals surface area contributed by atoms with Gasteiger partial charge in [-0.3, -0.25) is 5.10 Å². The highest BCUT2D eigenvalue weighted by molar-refractivity contribution is 5.58. The van der Waals surface area contributed by atoms with Gasteiger partial charge in [-0.15, -0.1) is 0 Å². The van der Waals surface area contributed by atoms with Gasteiger partial charge in [-0.2, -0.15) is 10.1 Å². The summed E-state index contributed by atoms with van der Waals surface area (Å²) in [4.78, 5) is 4.47. The zero-order valence-electron chi connectivity index (χ0n) is 12.3.